The van der Waals surface area contributed by atoms with Crippen LogP contribution >= 0.6 is 0 Å². The van der Waals surface area contributed by atoms with Crippen molar-refractivity contribution in [1.29, 1.82) is 0 Å². The van der Waals surface area contributed by atoms with Gasteiger partial charge in [0.1, 0.15) is 5.82 Å². The molecule has 1 N–H and O–H groups in total. The highest BCUT2D eigenvalue weighted by atomic mass is 16.7. The Morgan fingerprint density at radius 2 is 1.83 bits per heavy atom. The first-order chi connectivity index (χ1) is 11.7. The lowest BCUT2D eigenvalue weighted by Gasteiger charge is -2.21. The molecule has 0 saturated carbocycles. The number of nitrogens with one attached hydrogen (secondary N) is 1. The SMILES string of the molecule is CCCc1cc(N(CC)CC)nc(Nc2ccc3c(c2)OCO3)n1. The molecule has 6 nitrogen and oxygen atoms in total. The maximum atomic E-state index is 5.42. The van der Waals surface area contributed by atoms with E-state index in [-0.39, 0.29) is 6.79 Å². The third-order valence-corrected chi connectivity index (χ3v) is 3.99. The summed E-state index contributed by atoms with van der Waals surface area (Å²) in [4.78, 5) is 11.5. The van der Waals surface area contributed by atoms with Crippen LogP contribution < -0.4 is 19.7 Å². The second kappa shape index (κ2) is 7.38. The molecular formula is C18H24N4O2. The summed E-state index contributed by atoms with van der Waals surface area (Å²) >= 11 is 0. The molecule has 2 aromatic rings. The summed E-state index contributed by atoms with van der Waals surface area (Å²) in [5, 5.41) is 3.29. The van der Waals surface area contributed by atoms with Crippen molar-refractivity contribution in [3.8, 4) is 11.5 Å². The molecule has 128 valence electrons. The van der Waals surface area contributed by atoms with Crippen LogP contribution in [0.2, 0.25) is 0 Å². The average Bonchev–Trinajstić information content (AvgIpc) is 3.04. The van der Waals surface area contributed by atoms with Gasteiger partial charge >= 0.3 is 0 Å². The van der Waals surface area contributed by atoms with Crippen molar-refractivity contribution in [3.63, 3.8) is 0 Å². The van der Waals surface area contributed by atoms with E-state index < -0.39 is 0 Å². The number of aromatic nitrogens is 2. The van der Waals surface area contributed by atoms with Crippen LogP contribution in [0.4, 0.5) is 17.5 Å². The van der Waals surface area contributed by atoms with Gasteiger partial charge in [-0.1, -0.05) is 13.3 Å². The average molecular weight is 328 g/mol. The zero-order valence-corrected chi connectivity index (χ0v) is 14.5. The molecule has 1 aromatic heterocycles. The van der Waals surface area contributed by atoms with E-state index in [0.717, 1.165) is 54.6 Å². The molecule has 1 aliphatic heterocycles. The van der Waals surface area contributed by atoms with E-state index >= 15 is 0 Å². The van der Waals surface area contributed by atoms with Crippen molar-refractivity contribution in [3.05, 3.63) is 30.0 Å². The van der Waals surface area contributed by atoms with E-state index in [4.69, 9.17) is 9.47 Å². The Bertz CT molecular complexity index is 701. The van der Waals surface area contributed by atoms with Crippen LogP contribution in [0.25, 0.3) is 0 Å². The number of ether oxygens (including phenoxy) is 2. The van der Waals surface area contributed by atoms with Gasteiger partial charge in [-0.3, -0.25) is 0 Å². The molecule has 0 unspecified atom stereocenters. The number of hydrogen-bond acceptors (Lipinski definition) is 6. The van der Waals surface area contributed by atoms with Gasteiger partial charge in [-0.15, -0.1) is 0 Å². The lowest BCUT2D eigenvalue weighted by Crippen LogP contribution is -2.23. The fraction of sp³-hybridized carbons (Fsp3) is 0.444. The number of anilines is 3. The smallest absolute Gasteiger partial charge is 0.231 e. The van der Waals surface area contributed by atoms with Crippen LogP contribution in [0.3, 0.4) is 0 Å². The molecule has 1 aliphatic rings. The molecule has 0 aliphatic carbocycles. The minimum atomic E-state index is 0.271. The molecule has 3 rings (SSSR count). The molecule has 6 heteroatoms. The monoisotopic (exact) mass is 328 g/mol. The Kier molecular flexibility index (Phi) is 5.03. The quantitative estimate of drug-likeness (QED) is 0.835. The van der Waals surface area contributed by atoms with Gasteiger partial charge in [-0.25, -0.2) is 4.98 Å². The van der Waals surface area contributed by atoms with Crippen LogP contribution in [0, 0.1) is 0 Å². The van der Waals surface area contributed by atoms with E-state index in [0.29, 0.717) is 5.95 Å². The van der Waals surface area contributed by atoms with E-state index in [2.05, 4.69) is 47.0 Å². The van der Waals surface area contributed by atoms with Gasteiger partial charge in [0, 0.05) is 36.6 Å². The number of rotatable bonds is 7. The summed E-state index contributed by atoms with van der Waals surface area (Å²) in [7, 11) is 0. The molecule has 0 saturated heterocycles. The minimum Gasteiger partial charge on any atom is -0.454 e. The molecule has 0 bridgehead atoms. The largest absolute Gasteiger partial charge is 0.454 e. The van der Waals surface area contributed by atoms with Gasteiger partial charge in [0.25, 0.3) is 0 Å². The van der Waals surface area contributed by atoms with E-state index in [1.165, 1.54) is 0 Å². The summed E-state index contributed by atoms with van der Waals surface area (Å²) in [5.74, 6) is 3.09. The highest BCUT2D eigenvalue weighted by molar-refractivity contribution is 5.61. The number of hydrogen-bond donors (Lipinski definition) is 1. The van der Waals surface area contributed by atoms with Crippen LogP contribution in [0.5, 0.6) is 11.5 Å². The van der Waals surface area contributed by atoms with E-state index in [9.17, 15) is 0 Å². The Morgan fingerprint density at radius 1 is 1.04 bits per heavy atom. The first-order valence-corrected chi connectivity index (χ1v) is 8.53. The van der Waals surface area contributed by atoms with Crippen LogP contribution in [0.15, 0.2) is 24.3 Å². The Labute approximate surface area is 142 Å². The topological polar surface area (TPSA) is 59.5 Å². The number of fused-ring (bicyclic) bond motifs is 1. The van der Waals surface area contributed by atoms with Crippen LogP contribution in [-0.2, 0) is 6.42 Å². The molecule has 0 atom stereocenters. The van der Waals surface area contributed by atoms with E-state index in [1.807, 2.05) is 18.2 Å². The minimum absolute atomic E-state index is 0.271. The van der Waals surface area contributed by atoms with E-state index in [1.54, 1.807) is 0 Å². The summed E-state index contributed by atoms with van der Waals surface area (Å²) in [6.07, 6.45) is 1.99. The molecule has 24 heavy (non-hydrogen) atoms. The predicted octanol–water partition coefficient (Wildman–Crippen LogP) is 3.75. The van der Waals surface area contributed by atoms with Crippen molar-refractivity contribution < 1.29 is 9.47 Å². The van der Waals surface area contributed by atoms with Gasteiger partial charge in [-0.05, 0) is 32.4 Å². The molecule has 2 heterocycles. The lowest BCUT2D eigenvalue weighted by atomic mass is 10.2. The maximum absolute atomic E-state index is 5.42. The van der Waals surface area contributed by atoms with Crippen molar-refractivity contribution >= 4 is 17.5 Å². The molecule has 0 radical (unpaired) electrons. The second-order valence-corrected chi connectivity index (χ2v) is 5.66. The van der Waals surface area contributed by atoms with Gasteiger partial charge in [0.05, 0.1) is 0 Å². The summed E-state index contributed by atoms with van der Waals surface area (Å²) in [6, 6.07) is 7.84. The van der Waals surface area contributed by atoms with Crippen molar-refractivity contribution in [2.24, 2.45) is 0 Å². The molecule has 0 spiro atoms. The molecular weight excluding hydrogens is 304 g/mol. The fourth-order valence-electron chi connectivity index (χ4n) is 2.74. The summed E-state index contributed by atoms with van der Waals surface area (Å²) in [6.45, 7) is 8.54. The summed E-state index contributed by atoms with van der Waals surface area (Å²) in [5.41, 5.74) is 1.94. The second-order valence-electron chi connectivity index (χ2n) is 5.66. The highest BCUT2D eigenvalue weighted by Crippen LogP contribution is 2.34. The van der Waals surface area contributed by atoms with Crippen LogP contribution in [-0.4, -0.2) is 29.9 Å². The third kappa shape index (κ3) is 3.53. The van der Waals surface area contributed by atoms with Crippen LogP contribution in [0.1, 0.15) is 32.9 Å². The molecule has 0 fully saturated rings. The Morgan fingerprint density at radius 3 is 2.58 bits per heavy atom. The maximum Gasteiger partial charge on any atom is 0.231 e. The lowest BCUT2D eigenvalue weighted by molar-refractivity contribution is 0.174. The Balaban J connectivity index is 1.88. The number of nitrogens with zero attached hydrogens (tertiary/aromatic N) is 3. The number of aryl methyl sites for hydroxylation is 1. The zero-order valence-electron chi connectivity index (χ0n) is 14.5. The summed E-state index contributed by atoms with van der Waals surface area (Å²) < 4.78 is 10.8. The van der Waals surface area contributed by atoms with Crippen molar-refractivity contribution in [2.75, 3.05) is 30.1 Å². The van der Waals surface area contributed by atoms with Gasteiger partial charge in [0.2, 0.25) is 12.7 Å². The van der Waals surface area contributed by atoms with Gasteiger partial charge in [-0.2, -0.15) is 4.98 Å². The number of benzene rings is 1. The predicted molar refractivity (Wildman–Crippen MR) is 95.4 cm³/mol. The van der Waals surface area contributed by atoms with Crippen molar-refractivity contribution in [2.45, 2.75) is 33.6 Å². The Hall–Kier alpha value is -2.50. The van der Waals surface area contributed by atoms with Crippen molar-refractivity contribution in [1.82, 2.24) is 9.97 Å². The van der Waals surface area contributed by atoms with Gasteiger partial charge in [0.15, 0.2) is 11.5 Å². The fourth-order valence-corrected chi connectivity index (χ4v) is 2.74. The first kappa shape index (κ1) is 16.4. The molecule has 1 aromatic carbocycles. The highest BCUT2D eigenvalue weighted by Gasteiger charge is 2.14. The zero-order chi connectivity index (χ0) is 16.9. The van der Waals surface area contributed by atoms with Gasteiger partial charge < -0.3 is 19.7 Å². The normalized spacial score (nSPS) is 12.3. The standard InChI is InChI=1S/C18H24N4O2/c1-4-7-13-11-17(22(5-2)6-3)21-18(19-13)20-14-8-9-15-16(10-14)24-12-23-15/h8-11H,4-7,12H2,1-3H3,(H,19,20,21). The third-order valence-electron chi connectivity index (χ3n) is 3.99. The first-order valence-electron chi connectivity index (χ1n) is 8.53. The molecule has 0 amide bonds.